The van der Waals surface area contributed by atoms with Crippen molar-refractivity contribution >= 4 is 29.2 Å². The van der Waals surface area contributed by atoms with Gasteiger partial charge in [0.2, 0.25) is 11.7 Å². The number of carboxylic acids is 1. The van der Waals surface area contributed by atoms with Gasteiger partial charge in [-0.15, -0.1) is 0 Å². The molecule has 0 atom stereocenters. The zero-order chi connectivity index (χ0) is 29.9. The summed E-state index contributed by atoms with van der Waals surface area (Å²) in [5.74, 6) is -0.734. The Balaban J connectivity index is 1.10. The largest absolute Gasteiger partial charge is 0.494 e. The Hall–Kier alpha value is -3.54. The second-order valence-corrected chi connectivity index (χ2v) is 12.5. The highest BCUT2D eigenvalue weighted by molar-refractivity contribution is 6.38. The van der Waals surface area contributed by atoms with Crippen molar-refractivity contribution in [3.8, 4) is 28.4 Å². The normalized spacial score (nSPS) is 23.1. The molecule has 3 aromatic heterocycles. The summed E-state index contributed by atoms with van der Waals surface area (Å²) in [5.41, 5.74) is 1.23. The number of benzene rings is 1. The number of carbonyl (C=O) groups is 1. The minimum absolute atomic E-state index is 0.185. The first-order chi connectivity index (χ1) is 20.7. The fourth-order valence-electron chi connectivity index (χ4n) is 6.46. The SMILES string of the molecule is COc1cc(-c2noc(C34CCC(OCc5c(-c6c(Cl)cncc6Cl)noc5C5CC5)(CC3)CC4)n2)cc(C(=O)O)c1F. The monoisotopic (exact) mass is 628 g/mol. The molecule has 0 radical (unpaired) electrons. The van der Waals surface area contributed by atoms with E-state index in [0.717, 1.165) is 62.7 Å². The maximum absolute atomic E-state index is 14.4. The molecule has 8 rings (SSSR count). The molecule has 43 heavy (non-hydrogen) atoms. The molecule has 13 heteroatoms. The Labute approximate surface area is 255 Å². The molecule has 0 amide bonds. The van der Waals surface area contributed by atoms with E-state index in [-0.39, 0.29) is 22.6 Å². The van der Waals surface area contributed by atoms with Crippen molar-refractivity contribution in [2.45, 2.75) is 74.9 Å². The third-order valence-electron chi connectivity index (χ3n) is 9.18. The molecule has 1 aromatic carbocycles. The zero-order valence-corrected chi connectivity index (χ0v) is 24.7. The fourth-order valence-corrected chi connectivity index (χ4v) is 7.01. The number of fused-ring (bicyclic) bond motifs is 3. The third kappa shape index (κ3) is 4.87. The summed E-state index contributed by atoms with van der Waals surface area (Å²) in [6, 6.07) is 2.56. The Bertz CT molecular complexity index is 1690. The van der Waals surface area contributed by atoms with E-state index in [1.165, 1.54) is 19.2 Å². The molecule has 4 aromatic rings. The van der Waals surface area contributed by atoms with Gasteiger partial charge in [0.1, 0.15) is 11.5 Å². The van der Waals surface area contributed by atoms with Gasteiger partial charge in [0.05, 0.1) is 40.3 Å². The van der Waals surface area contributed by atoms with Crippen LogP contribution >= 0.6 is 23.2 Å². The van der Waals surface area contributed by atoms with Crippen molar-refractivity contribution in [2.75, 3.05) is 7.11 Å². The van der Waals surface area contributed by atoms with Crippen LogP contribution in [0.15, 0.2) is 33.6 Å². The van der Waals surface area contributed by atoms with Crippen LogP contribution in [0.25, 0.3) is 22.6 Å². The summed E-state index contributed by atoms with van der Waals surface area (Å²) < 4.78 is 37.7. The van der Waals surface area contributed by atoms with Crippen LogP contribution in [-0.2, 0) is 16.8 Å². The van der Waals surface area contributed by atoms with Crippen LogP contribution in [-0.4, -0.2) is 44.1 Å². The van der Waals surface area contributed by atoms with Gasteiger partial charge in [0.15, 0.2) is 11.6 Å². The zero-order valence-electron chi connectivity index (χ0n) is 23.2. The average molecular weight is 629 g/mol. The molecular weight excluding hydrogens is 602 g/mol. The number of rotatable bonds is 9. The summed E-state index contributed by atoms with van der Waals surface area (Å²) in [7, 11) is 1.27. The van der Waals surface area contributed by atoms with Gasteiger partial charge in [-0.2, -0.15) is 4.98 Å². The molecule has 0 aliphatic heterocycles. The summed E-state index contributed by atoms with van der Waals surface area (Å²) in [6.07, 6.45) is 9.93. The average Bonchev–Trinajstić information content (AvgIpc) is 3.57. The van der Waals surface area contributed by atoms with Crippen LogP contribution in [0.5, 0.6) is 5.75 Å². The Morgan fingerprint density at radius 1 is 1.07 bits per heavy atom. The predicted molar refractivity (Wildman–Crippen MR) is 152 cm³/mol. The summed E-state index contributed by atoms with van der Waals surface area (Å²) in [4.78, 5) is 20.3. The lowest BCUT2D eigenvalue weighted by molar-refractivity contribution is -0.130. The van der Waals surface area contributed by atoms with E-state index in [1.807, 2.05) is 0 Å². The molecule has 3 heterocycles. The second kappa shape index (κ2) is 10.6. The minimum Gasteiger partial charge on any atom is -0.494 e. The number of hydrogen-bond acceptors (Lipinski definition) is 9. The van der Waals surface area contributed by atoms with Crippen molar-refractivity contribution in [2.24, 2.45) is 0 Å². The highest BCUT2D eigenvalue weighted by Crippen LogP contribution is 2.55. The van der Waals surface area contributed by atoms with Crippen molar-refractivity contribution < 1.29 is 32.8 Å². The predicted octanol–water partition coefficient (Wildman–Crippen LogP) is 7.38. The van der Waals surface area contributed by atoms with Crippen LogP contribution in [0, 0.1) is 5.82 Å². The van der Waals surface area contributed by atoms with E-state index < -0.39 is 17.3 Å². The first-order valence-electron chi connectivity index (χ1n) is 14.1. The highest BCUT2D eigenvalue weighted by Gasteiger charge is 2.53. The standard InChI is InChI=1S/C30H27Cl2FN4O6/c1-40-21-11-16(10-17(23(21)33)27(38)39)26-35-28(43-37-26)29-4-7-30(8-5-29,9-6-29)41-14-18-24(36-42-25(18)15-2-3-15)22-19(31)12-34-13-20(22)32/h10-13,15H,2-9,14H2,1H3,(H,38,39). The number of hydrogen-bond donors (Lipinski definition) is 1. The van der Waals surface area contributed by atoms with E-state index in [4.69, 9.17) is 41.7 Å². The molecule has 4 aliphatic rings. The van der Waals surface area contributed by atoms with Gasteiger partial charge in [-0.05, 0) is 63.5 Å². The van der Waals surface area contributed by atoms with Gasteiger partial charge in [-0.1, -0.05) is 33.5 Å². The Morgan fingerprint density at radius 2 is 1.77 bits per heavy atom. The van der Waals surface area contributed by atoms with Gasteiger partial charge in [0, 0.05) is 35.0 Å². The smallest absolute Gasteiger partial charge is 0.338 e. The van der Waals surface area contributed by atoms with Gasteiger partial charge < -0.3 is 23.6 Å². The number of pyridine rings is 1. The lowest BCUT2D eigenvalue weighted by Gasteiger charge is -2.51. The van der Waals surface area contributed by atoms with Crippen molar-refractivity contribution in [3.63, 3.8) is 0 Å². The second-order valence-electron chi connectivity index (χ2n) is 11.6. The third-order valence-corrected chi connectivity index (χ3v) is 9.76. The molecule has 0 spiro atoms. The number of aromatic nitrogens is 4. The van der Waals surface area contributed by atoms with Gasteiger partial charge >= 0.3 is 5.97 Å². The molecular formula is C30H27Cl2FN4O6. The molecule has 4 fully saturated rings. The van der Waals surface area contributed by atoms with E-state index in [9.17, 15) is 14.3 Å². The Morgan fingerprint density at radius 3 is 2.40 bits per heavy atom. The van der Waals surface area contributed by atoms with Crippen LogP contribution in [0.2, 0.25) is 10.0 Å². The first-order valence-corrected chi connectivity index (χ1v) is 14.9. The van der Waals surface area contributed by atoms with Gasteiger partial charge in [-0.25, -0.2) is 9.18 Å². The fraction of sp³-hybridized carbons (Fsp3) is 0.433. The minimum atomic E-state index is -1.41. The van der Waals surface area contributed by atoms with Crippen LogP contribution in [0.1, 0.15) is 84.9 Å². The number of methoxy groups -OCH3 is 1. The van der Waals surface area contributed by atoms with E-state index in [2.05, 4.69) is 20.3 Å². The Kier molecular flexibility index (Phi) is 6.94. The maximum atomic E-state index is 14.4. The van der Waals surface area contributed by atoms with Crippen LogP contribution in [0.4, 0.5) is 4.39 Å². The first kappa shape index (κ1) is 28.2. The summed E-state index contributed by atoms with van der Waals surface area (Å²) >= 11 is 12.9. The number of carboxylic acid groups (broad SMARTS) is 1. The van der Waals surface area contributed by atoms with Crippen molar-refractivity contribution in [3.05, 3.63) is 63.2 Å². The number of halogens is 3. The lowest BCUT2D eigenvalue weighted by atomic mass is 9.58. The molecule has 0 saturated heterocycles. The molecule has 10 nitrogen and oxygen atoms in total. The molecule has 4 saturated carbocycles. The number of ether oxygens (including phenoxy) is 2. The van der Waals surface area contributed by atoms with E-state index in [1.54, 1.807) is 12.4 Å². The molecule has 1 N–H and O–H groups in total. The number of aromatic carboxylic acids is 1. The lowest BCUT2D eigenvalue weighted by Crippen LogP contribution is -2.49. The number of nitrogens with zero attached hydrogens (tertiary/aromatic N) is 4. The van der Waals surface area contributed by atoms with Crippen molar-refractivity contribution in [1.29, 1.82) is 0 Å². The van der Waals surface area contributed by atoms with Gasteiger partial charge in [0.25, 0.3) is 0 Å². The van der Waals surface area contributed by atoms with Crippen LogP contribution in [0.3, 0.4) is 0 Å². The quantitative estimate of drug-likeness (QED) is 0.200. The summed E-state index contributed by atoms with van der Waals surface area (Å²) in [6.45, 7) is 0.329. The maximum Gasteiger partial charge on any atom is 0.338 e. The van der Waals surface area contributed by atoms with Crippen LogP contribution < -0.4 is 4.74 Å². The molecule has 2 bridgehead atoms. The topological polar surface area (TPSA) is 134 Å². The molecule has 4 aliphatic carbocycles. The van der Waals surface area contributed by atoms with Crippen molar-refractivity contribution in [1.82, 2.24) is 20.3 Å². The molecule has 224 valence electrons. The van der Waals surface area contributed by atoms with E-state index >= 15 is 0 Å². The van der Waals surface area contributed by atoms with E-state index in [0.29, 0.717) is 45.3 Å². The van der Waals surface area contributed by atoms with Gasteiger partial charge in [-0.3, -0.25) is 4.98 Å². The molecule has 0 unspecified atom stereocenters. The highest BCUT2D eigenvalue weighted by atomic mass is 35.5. The summed E-state index contributed by atoms with van der Waals surface area (Å²) in [5, 5.41) is 18.7.